The van der Waals surface area contributed by atoms with E-state index in [1.165, 1.54) is 0 Å². The van der Waals surface area contributed by atoms with Gasteiger partial charge in [0.15, 0.2) is 0 Å². The molecule has 0 bridgehead atoms. The Bertz CT molecular complexity index is 603. The van der Waals surface area contributed by atoms with E-state index >= 15 is 0 Å². The van der Waals surface area contributed by atoms with E-state index in [2.05, 4.69) is 20.7 Å². The Labute approximate surface area is 124 Å². The Morgan fingerprint density at radius 1 is 1.33 bits per heavy atom. The first-order chi connectivity index (χ1) is 10.1. The first-order valence-electron chi connectivity index (χ1n) is 7.07. The maximum atomic E-state index is 11.8. The highest BCUT2D eigenvalue weighted by Crippen LogP contribution is 2.10. The molecule has 2 rings (SSSR count). The summed E-state index contributed by atoms with van der Waals surface area (Å²) in [7, 11) is 1.92. The molecule has 0 unspecified atom stereocenters. The number of anilines is 1. The van der Waals surface area contributed by atoms with Crippen LogP contribution < -0.4 is 10.6 Å². The topological polar surface area (TPSA) is 71.8 Å². The maximum absolute atomic E-state index is 11.8. The lowest BCUT2D eigenvalue weighted by atomic mass is 10.2. The molecular formula is C15H21N5O. The minimum Gasteiger partial charge on any atom is -0.366 e. The van der Waals surface area contributed by atoms with Crippen LogP contribution in [-0.4, -0.2) is 27.2 Å². The number of nitrogens with one attached hydrogen (secondary N) is 2. The van der Waals surface area contributed by atoms with Gasteiger partial charge in [0.1, 0.15) is 5.82 Å². The molecule has 0 radical (unpaired) electrons. The van der Waals surface area contributed by atoms with E-state index in [-0.39, 0.29) is 5.91 Å². The summed E-state index contributed by atoms with van der Waals surface area (Å²) >= 11 is 0. The zero-order chi connectivity index (χ0) is 15.2. The van der Waals surface area contributed by atoms with Crippen LogP contribution in [0.25, 0.3) is 0 Å². The van der Waals surface area contributed by atoms with Crippen molar-refractivity contribution in [2.24, 2.45) is 7.05 Å². The first-order valence-corrected chi connectivity index (χ1v) is 7.07. The molecule has 0 spiro atoms. The van der Waals surface area contributed by atoms with Gasteiger partial charge >= 0.3 is 0 Å². The number of aryl methyl sites for hydroxylation is 1. The van der Waals surface area contributed by atoms with Gasteiger partial charge in [0.2, 0.25) is 0 Å². The maximum Gasteiger partial charge on any atom is 0.252 e. The van der Waals surface area contributed by atoms with Crippen LogP contribution in [0.1, 0.15) is 35.0 Å². The third kappa shape index (κ3) is 3.81. The number of aromatic nitrogens is 3. The SMILES string of the molecule is CCCNC(=O)c1ccc(NCc2cnn(C)c2C)nc1. The van der Waals surface area contributed by atoms with Crippen molar-refractivity contribution < 1.29 is 4.79 Å². The molecule has 6 heteroatoms. The van der Waals surface area contributed by atoms with Gasteiger partial charge in [-0.15, -0.1) is 0 Å². The molecule has 112 valence electrons. The number of carbonyl (C=O) groups excluding carboxylic acids is 1. The lowest BCUT2D eigenvalue weighted by Gasteiger charge is -2.07. The predicted octanol–water partition coefficient (Wildman–Crippen LogP) is 1.88. The molecule has 0 fully saturated rings. The highest BCUT2D eigenvalue weighted by atomic mass is 16.1. The molecular weight excluding hydrogens is 266 g/mol. The zero-order valence-electron chi connectivity index (χ0n) is 12.7. The summed E-state index contributed by atoms with van der Waals surface area (Å²) in [4.78, 5) is 16.0. The Morgan fingerprint density at radius 2 is 2.14 bits per heavy atom. The third-order valence-corrected chi connectivity index (χ3v) is 3.36. The number of hydrogen-bond acceptors (Lipinski definition) is 4. The quantitative estimate of drug-likeness (QED) is 0.851. The van der Waals surface area contributed by atoms with Crippen molar-refractivity contribution in [1.82, 2.24) is 20.1 Å². The number of rotatable bonds is 6. The molecule has 0 saturated carbocycles. The summed E-state index contributed by atoms with van der Waals surface area (Å²) in [5.74, 6) is 0.657. The standard InChI is InChI=1S/C15H21N5O/c1-4-7-16-15(21)12-5-6-14(17-8-12)18-9-13-10-19-20(3)11(13)2/h5-6,8,10H,4,7,9H2,1-3H3,(H,16,21)(H,17,18). The van der Waals surface area contributed by atoms with E-state index in [9.17, 15) is 4.79 Å². The second kappa shape index (κ2) is 6.88. The zero-order valence-corrected chi connectivity index (χ0v) is 12.7. The van der Waals surface area contributed by atoms with Gasteiger partial charge in [-0.1, -0.05) is 6.92 Å². The van der Waals surface area contributed by atoms with E-state index in [4.69, 9.17) is 0 Å². The normalized spacial score (nSPS) is 10.4. The fourth-order valence-electron chi connectivity index (χ4n) is 1.88. The van der Waals surface area contributed by atoms with Crippen molar-refractivity contribution in [3.05, 3.63) is 41.3 Å². The second-order valence-electron chi connectivity index (χ2n) is 4.92. The Kier molecular flexibility index (Phi) is 4.92. The number of hydrogen-bond donors (Lipinski definition) is 2. The largest absolute Gasteiger partial charge is 0.366 e. The van der Waals surface area contributed by atoms with Crippen molar-refractivity contribution in [3.63, 3.8) is 0 Å². The Hall–Kier alpha value is -2.37. The van der Waals surface area contributed by atoms with Crippen molar-refractivity contribution in [2.45, 2.75) is 26.8 Å². The molecule has 0 aromatic carbocycles. The third-order valence-electron chi connectivity index (χ3n) is 3.36. The summed E-state index contributed by atoms with van der Waals surface area (Å²) in [6, 6.07) is 3.59. The molecule has 21 heavy (non-hydrogen) atoms. The van der Waals surface area contributed by atoms with E-state index in [1.54, 1.807) is 12.3 Å². The summed E-state index contributed by atoms with van der Waals surface area (Å²) in [5.41, 5.74) is 2.83. The predicted molar refractivity (Wildman–Crippen MR) is 82.1 cm³/mol. The van der Waals surface area contributed by atoms with Crippen LogP contribution in [0.3, 0.4) is 0 Å². The van der Waals surface area contributed by atoms with Gasteiger partial charge in [-0.05, 0) is 25.5 Å². The van der Waals surface area contributed by atoms with Gasteiger partial charge in [-0.25, -0.2) is 4.98 Å². The summed E-state index contributed by atoms with van der Waals surface area (Å²) in [6.45, 7) is 5.39. The molecule has 2 aromatic heterocycles. The molecule has 0 aliphatic rings. The van der Waals surface area contributed by atoms with Crippen LogP contribution in [-0.2, 0) is 13.6 Å². The number of pyridine rings is 1. The molecule has 2 N–H and O–H groups in total. The van der Waals surface area contributed by atoms with E-state index in [0.717, 1.165) is 23.5 Å². The van der Waals surface area contributed by atoms with Crippen molar-refractivity contribution >= 4 is 11.7 Å². The number of amides is 1. The molecule has 0 aliphatic carbocycles. The molecule has 0 saturated heterocycles. The summed E-state index contributed by atoms with van der Waals surface area (Å²) in [5, 5.41) is 10.3. The van der Waals surface area contributed by atoms with Crippen molar-refractivity contribution in [3.8, 4) is 0 Å². The lowest BCUT2D eigenvalue weighted by Crippen LogP contribution is -2.24. The van der Waals surface area contributed by atoms with Gasteiger partial charge in [-0.2, -0.15) is 5.10 Å². The van der Waals surface area contributed by atoms with Gasteiger partial charge in [0, 0.05) is 37.6 Å². The van der Waals surface area contributed by atoms with Crippen LogP contribution in [0, 0.1) is 6.92 Å². The first kappa shape index (κ1) is 15.0. The van der Waals surface area contributed by atoms with E-state index in [0.29, 0.717) is 18.7 Å². The molecule has 0 aliphatic heterocycles. The molecule has 2 aromatic rings. The highest BCUT2D eigenvalue weighted by Gasteiger charge is 2.06. The van der Waals surface area contributed by atoms with Crippen molar-refractivity contribution in [2.75, 3.05) is 11.9 Å². The lowest BCUT2D eigenvalue weighted by molar-refractivity contribution is 0.0953. The van der Waals surface area contributed by atoms with Crippen LogP contribution in [0.2, 0.25) is 0 Å². The van der Waals surface area contributed by atoms with Gasteiger partial charge in [0.05, 0.1) is 11.8 Å². The molecule has 0 atom stereocenters. The minimum absolute atomic E-state index is 0.0843. The average molecular weight is 287 g/mol. The minimum atomic E-state index is -0.0843. The van der Waals surface area contributed by atoms with Crippen molar-refractivity contribution in [1.29, 1.82) is 0 Å². The van der Waals surface area contributed by atoms with E-state index < -0.39 is 0 Å². The highest BCUT2D eigenvalue weighted by molar-refractivity contribution is 5.93. The van der Waals surface area contributed by atoms with Gasteiger partial charge < -0.3 is 10.6 Å². The number of nitrogens with zero attached hydrogens (tertiary/aromatic N) is 3. The summed E-state index contributed by atoms with van der Waals surface area (Å²) in [6.07, 6.45) is 4.35. The molecule has 2 heterocycles. The van der Waals surface area contributed by atoms with Gasteiger partial charge in [-0.3, -0.25) is 9.48 Å². The second-order valence-corrected chi connectivity index (χ2v) is 4.92. The Balaban J connectivity index is 1.93. The van der Waals surface area contributed by atoms with Crippen LogP contribution in [0.15, 0.2) is 24.5 Å². The van der Waals surface area contributed by atoms with E-state index in [1.807, 2.05) is 37.8 Å². The molecule has 6 nitrogen and oxygen atoms in total. The monoisotopic (exact) mass is 287 g/mol. The fraction of sp³-hybridized carbons (Fsp3) is 0.400. The number of carbonyl (C=O) groups is 1. The van der Waals surface area contributed by atoms with Crippen LogP contribution >= 0.6 is 0 Å². The Morgan fingerprint density at radius 3 is 2.71 bits per heavy atom. The van der Waals surface area contributed by atoms with Crippen LogP contribution in [0.4, 0.5) is 5.82 Å². The van der Waals surface area contributed by atoms with Gasteiger partial charge in [0.25, 0.3) is 5.91 Å². The van der Waals surface area contributed by atoms with Crippen LogP contribution in [0.5, 0.6) is 0 Å². The fourth-order valence-corrected chi connectivity index (χ4v) is 1.88. The molecule has 1 amide bonds. The summed E-state index contributed by atoms with van der Waals surface area (Å²) < 4.78 is 1.84. The average Bonchev–Trinajstić information content (AvgIpc) is 2.83. The smallest absolute Gasteiger partial charge is 0.252 e.